The molecule has 2 rings (SSSR count). The summed E-state index contributed by atoms with van der Waals surface area (Å²) in [7, 11) is 0. The summed E-state index contributed by atoms with van der Waals surface area (Å²) in [5.74, 6) is 1.84. The van der Waals surface area contributed by atoms with Gasteiger partial charge in [-0.25, -0.2) is 0 Å². The van der Waals surface area contributed by atoms with Crippen molar-refractivity contribution in [3.63, 3.8) is 0 Å². The van der Waals surface area contributed by atoms with Crippen molar-refractivity contribution in [3.05, 3.63) is 59.7 Å². The van der Waals surface area contributed by atoms with E-state index < -0.39 is 0 Å². The van der Waals surface area contributed by atoms with Gasteiger partial charge in [0.1, 0.15) is 0 Å². The summed E-state index contributed by atoms with van der Waals surface area (Å²) in [6.07, 6.45) is 26.4. The third-order valence-electron chi connectivity index (χ3n) is 6.56. The molecule has 0 atom stereocenters. The Labute approximate surface area is 179 Å². The van der Waals surface area contributed by atoms with Crippen molar-refractivity contribution >= 4 is 0 Å². The fourth-order valence-electron chi connectivity index (χ4n) is 4.59. The lowest BCUT2D eigenvalue weighted by Gasteiger charge is -2.28. The van der Waals surface area contributed by atoms with E-state index >= 15 is 0 Å². The monoisotopic (exact) mass is 391 g/mol. The number of allylic oxidation sites excluding steroid dienone is 4. The zero-order valence-corrected chi connectivity index (χ0v) is 18.6. The number of nitrogens with zero attached hydrogens (tertiary/aromatic N) is 1. The van der Waals surface area contributed by atoms with Crippen LogP contribution in [0.2, 0.25) is 0 Å². The Kier molecular flexibility index (Phi) is 12.2. The third-order valence-corrected chi connectivity index (χ3v) is 6.56. The van der Waals surface area contributed by atoms with Crippen molar-refractivity contribution in [2.75, 3.05) is 0 Å². The molecule has 1 aromatic carbocycles. The molecule has 0 aliphatic heterocycles. The molecular formula is C28H41N. The Morgan fingerprint density at radius 2 is 1.45 bits per heavy atom. The molecule has 0 unspecified atom stereocenters. The number of benzene rings is 1. The van der Waals surface area contributed by atoms with Crippen LogP contribution in [0.4, 0.5) is 0 Å². The van der Waals surface area contributed by atoms with Gasteiger partial charge in [-0.05, 0) is 61.5 Å². The van der Waals surface area contributed by atoms with Gasteiger partial charge in [0.25, 0.3) is 0 Å². The molecule has 1 heteroatoms. The lowest BCUT2D eigenvalue weighted by Crippen LogP contribution is -2.15. The van der Waals surface area contributed by atoms with Crippen LogP contribution in [0.15, 0.2) is 48.6 Å². The second-order valence-electron chi connectivity index (χ2n) is 8.90. The minimum atomic E-state index is 0.910. The highest BCUT2D eigenvalue weighted by atomic mass is 14.3. The largest absolute Gasteiger partial charge is 0.193 e. The van der Waals surface area contributed by atoms with E-state index in [9.17, 15) is 0 Å². The van der Waals surface area contributed by atoms with Crippen LogP contribution < -0.4 is 0 Å². The topological polar surface area (TPSA) is 23.8 Å². The fraction of sp³-hybridized carbons (Fsp3) is 0.607. The zero-order valence-electron chi connectivity index (χ0n) is 18.6. The smallest absolute Gasteiger partial charge is 0.0912 e. The second-order valence-corrected chi connectivity index (χ2v) is 8.90. The third kappa shape index (κ3) is 10.5. The quantitative estimate of drug-likeness (QED) is 0.188. The maximum atomic E-state index is 8.46. The number of hydrogen-bond acceptors (Lipinski definition) is 1. The van der Waals surface area contributed by atoms with Gasteiger partial charge < -0.3 is 0 Å². The average molecular weight is 392 g/mol. The summed E-state index contributed by atoms with van der Waals surface area (Å²) >= 11 is 0. The van der Waals surface area contributed by atoms with Crippen molar-refractivity contribution < 1.29 is 0 Å². The van der Waals surface area contributed by atoms with E-state index in [1.165, 1.54) is 101 Å². The van der Waals surface area contributed by atoms with Gasteiger partial charge in [-0.3, -0.25) is 0 Å². The zero-order chi connectivity index (χ0) is 20.6. The molecule has 0 spiro atoms. The van der Waals surface area contributed by atoms with Crippen molar-refractivity contribution in [1.29, 1.82) is 5.26 Å². The summed E-state index contributed by atoms with van der Waals surface area (Å²) in [6, 6.07) is 11.5. The Bertz CT molecular complexity index is 623. The summed E-state index contributed by atoms with van der Waals surface area (Å²) in [4.78, 5) is 0. The molecular weight excluding hydrogens is 350 g/mol. The van der Waals surface area contributed by atoms with E-state index in [1.807, 2.05) is 18.2 Å². The van der Waals surface area contributed by atoms with E-state index in [-0.39, 0.29) is 0 Å². The van der Waals surface area contributed by atoms with Crippen molar-refractivity contribution in [3.8, 4) is 6.07 Å². The van der Waals surface area contributed by atoms with Crippen molar-refractivity contribution in [2.24, 2.45) is 11.8 Å². The summed E-state index contributed by atoms with van der Waals surface area (Å²) < 4.78 is 0. The van der Waals surface area contributed by atoms with Gasteiger partial charge >= 0.3 is 0 Å². The number of nitriles is 1. The summed E-state index contributed by atoms with van der Waals surface area (Å²) in [5.41, 5.74) is 3.04. The van der Waals surface area contributed by atoms with Gasteiger partial charge in [-0.15, -0.1) is 0 Å². The molecule has 1 aromatic rings. The first-order valence-electron chi connectivity index (χ1n) is 12.1. The Morgan fingerprint density at radius 3 is 2.10 bits per heavy atom. The molecule has 1 nitrogen and oxygen atoms in total. The molecule has 158 valence electrons. The highest BCUT2D eigenvalue weighted by Gasteiger charge is 2.20. The van der Waals surface area contributed by atoms with Gasteiger partial charge in [0, 0.05) is 6.08 Å². The maximum Gasteiger partial charge on any atom is 0.0912 e. The average Bonchev–Trinajstić information content (AvgIpc) is 2.76. The highest BCUT2D eigenvalue weighted by molar-refractivity contribution is 5.22. The first-order valence-corrected chi connectivity index (χ1v) is 12.1. The molecule has 0 aromatic heterocycles. The second kappa shape index (κ2) is 15.1. The normalized spacial score (nSPS) is 19.7. The SMILES string of the molecule is CCCCCCCc1ccc(CCC2CCC(CCC=CC=CC#N)CC2)cc1. The lowest BCUT2D eigenvalue weighted by molar-refractivity contribution is 0.254. The van der Waals surface area contributed by atoms with Crippen LogP contribution in [0.25, 0.3) is 0 Å². The van der Waals surface area contributed by atoms with Crippen molar-refractivity contribution in [2.45, 2.75) is 96.8 Å². The number of unbranched alkanes of at least 4 members (excludes halogenated alkanes) is 4. The standard InChI is InChI=1S/C28H41N/c1-2-3-4-6-9-12-25-14-18-27(19-15-25)22-23-28-20-16-26(17-21-28)13-10-7-5-8-11-24-29/h5,7-8,11,14-15,18-19,26,28H,2-4,6,9-10,12-13,16-17,20-23H2,1H3. The minimum absolute atomic E-state index is 0.910. The predicted octanol–water partition coefficient (Wildman–Crippen LogP) is 8.35. The van der Waals surface area contributed by atoms with Crippen LogP contribution in [-0.4, -0.2) is 0 Å². The maximum absolute atomic E-state index is 8.46. The van der Waals surface area contributed by atoms with Crippen LogP contribution >= 0.6 is 0 Å². The highest BCUT2D eigenvalue weighted by Crippen LogP contribution is 2.34. The van der Waals surface area contributed by atoms with Crippen LogP contribution in [-0.2, 0) is 12.8 Å². The molecule has 0 amide bonds. The van der Waals surface area contributed by atoms with E-state index in [0.29, 0.717) is 0 Å². The van der Waals surface area contributed by atoms with E-state index in [2.05, 4.69) is 37.3 Å². The summed E-state index contributed by atoms with van der Waals surface area (Å²) in [6.45, 7) is 2.28. The number of hydrogen-bond donors (Lipinski definition) is 0. The van der Waals surface area contributed by atoms with Gasteiger partial charge in [0.15, 0.2) is 0 Å². The Morgan fingerprint density at radius 1 is 0.828 bits per heavy atom. The Hall–Kier alpha value is -1.81. The van der Waals surface area contributed by atoms with Gasteiger partial charge in [-0.2, -0.15) is 5.26 Å². The molecule has 1 saturated carbocycles. The number of aryl methyl sites for hydroxylation is 2. The fourth-order valence-corrected chi connectivity index (χ4v) is 4.59. The molecule has 0 bridgehead atoms. The van der Waals surface area contributed by atoms with Gasteiger partial charge in [-0.1, -0.05) is 101 Å². The molecule has 0 heterocycles. The van der Waals surface area contributed by atoms with Gasteiger partial charge in [0.05, 0.1) is 6.07 Å². The molecule has 0 N–H and O–H groups in total. The van der Waals surface area contributed by atoms with E-state index in [1.54, 1.807) is 0 Å². The van der Waals surface area contributed by atoms with Gasteiger partial charge in [0.2, 0.25) is 0 Å². The first kappa shape index (κ1) is 23.5. The predicted molar refractivity (Wildman–Crippen MR) is 126 cm³/mol. The summed E-state index contributed by atoms with van der Waals surface area (Å²) in [5, 5.41) is 8.46. The van der Waals surface area contributed by atoms with Crippen molar-refractivity contribution in [1.82, 2.24) is 0 Å². The van der Waals surface area contributed by atoms with Crippen LogP contribution in [0.3, 0.4) is 0 Å². The van der Waals surface area contributed by atoms with Crippen LogP contribution in [0.5, 0.6) is 0 Å². The molecule has 1 aliphatic rings. The molecule has 29 heavy (non-hydrogen) atoms. The molecule has 0 saturated heterocycles. The van der Waals surface area contributed by atoms with E-state index in [4.69, 9.17) is 5.26 Å². The van der Waals surface area contributed by atoms with Crippen LogP contribution in [0.1, 0.15) is 95.1 Å². The first-order chi connectivity index (χ1) is 14.3. The lowest BCUT2D eigenvalue weighted by atomic mass is 9.78. The molecule has 0 radical (unpaired) electrons. The molecule has 1 aliphatic carbocycles. The Balaban J connectivity index is 1.57. The van der Waals surface area contributed by atoms with E-state index in [0.717, 1.165) is 18.3 Å². The number of rotatable bonds is 13. The minimum Gasteiger partial charge on any atom is -0.193 e. The molecule has 1 fully saturated rings. The van der Waals surface area contributed by atoms with Crippen LogP contribution in [0, 0.1) is 23.2 Å².